The molecule has 0 saturated heterocycles. The van der Waals surface area contributed by atoms with E-state index in [1.165, 1.54) is 30.5 Å². The zero-order valence-electron chi connectivity index (χ0n) is 7.54. The average Bonchev–Trinajstić information content (AvgIpc) is 2.19. The van der Waals surface area contributed by atoms with Crippen LogP contribution >= 0.6 is 0 Å². The largest absolute Gasteiger partial charge is 0.506 e. The Labute approximate surface area is 83.8 Å². The zero-order valence-corrected chi connectivity index (χ0v) is 7.54. The third-order valence-corrected chi connectivity index (χ3v) is 2.10. The summed E-state index contributed by atoms with van der Waals surface area (Å²) in [5.41, 5.74) is -0.693. The van der Waals surface area contributed by atoms with Crippen LogP contribution in [0.1, 0.15) is 10.4 Å². The van der Waals surface area contributed by atoms with E-state index in [4.69, 9.17) is 5.11 Å². The first-order chi connectivity index (χ1) is 7.11. The normalized spacial score (nSPS) is 10.4. The number of carbonyl (C=O) groups is 1. The van der Waals surface area contributed by atoms with Crippen molar-refractivity contribution in [3.8, 4) is 5.75 Å². The highest BCUT2D eigenvalue weighted by Gasteiger charge is 2.11. The van der Waals surface area contributed by atoms with Gasteiger partial charge in [0.05, 0.1) is 5.52 Å². The molecule has 0 radical (unpaired) electrons. The van der Waals surface area contributed by atoms with Gasteiger partial charge in [-0.05, 0) is 24.3 Å². The molecular weight excluding hydrogens is 198 g/mol. The molecule has 0 aliphatic rings. The Kier molecular flexibility index (Phi) is 1.93. The van der Waals surface area contributed by atoms with Crippen LogP contribution in [-0.2, 0) is 0 Å². The fraction of sp³-hybridized carbons (Fsp3) is 0. The van der Waals surface area contributed by atoms with Crippen molar-refractivity contribution in [2.45, 2.75) is 0 Å². The lowest BCUT2D eigenvalue weighted by Gasteiger charge is -2.03. The standard InChI is InChI=1S/C10H7NO4/c12-8-2-1-5-11-7(8)4-3-6(9(11)13)10(14)15/h1-5,12H,(H,14,15). The summed E-state index contributed by atoms with van der Waals surface area (Å²) in [6.07, 6.45) is 1.41. The highest BCUT2D eigenvalue weighted by Crippen LogP contribution is 2.15. The van der Waals surface area contributed by atoms with E-state index in [0.717, 1.165) is 4.40 Å². The zero-order chi connectivity index (χ0) is 11.0. The molecule has 0 spiro atoms. The van der Waals surface area contributed by atoms with Crippen molar-refractivity contribution in [3.63, 3.8) is 0 Å². The van der Waals surface area contributed by atoms with Gasteiger partial charge in [0.2, 0.25) is 0 Å². The van der Waals surface area contributed by atoms with Crippen molar-refractivity contribution in [1.29, 1.82) is 0 Å². The van der Waals surface area contributed by atoms with Crippen LogP contribution in [0.3, 0.4) is 0 Å². The van der Waals surface area contributed by atoms with Gasteiger partial charge in [-0.3, -0.25) is 9.20 Å². The Morgan fingerprint density at radius 3 is 2.67 bits per heavy atom. The molecule has 76 valence electrons. The van der Waals surface area contributed by atoms with Crippen LogP contribution in [0.5, 0.6) is 5.75 Å². The molecule has 5 nitrogen and oxygen atoms in total. The first kappa shape index (κ1) is 9.26. The smallest absolute Gasteiger partial charge is 0.341 e. The van der Waals surface area contributed by atoms with Crippen molar-refractivity contribution < 1.29 is 15.0 Å². The molecule has 0 saturated carbocycles. The maximum absolute atomic E-state index is 11.6. The third-order valence-electron chi connectivity index (χ3n) is 2.10. The quantitative estimate of drug-likeness (QED) is 0.718. The van der Waals surface area contributed by atoms with Gasteiger partial charge >= 0.3 is 5.97 Å². The lowest BCUT2D eigenvalue weighted by molar-refractivity contribution is 0.0694. The minimum absolute atomic E-state index is 0.0634. The molecule has 0 aliphatic carbocycles. The number of fused-ring (bicyclic) bond motifs is 1. The number of pyridine rings is 2. The number of hydrogen-bond donors (Lipinski definition) is 2. The molecule has 0 atom stereocenters. The van der Waals surface area contributed by atoms with Gasteiger partial charge in [-0.25, -0.2) is 4.79 Å². The maximum Gasteiger partial charge on any atom is 0.341 e. The van der Waals surface area contributed by atoms with E-state index in [1.807, 2.05) is 0 Å². The van der Waals surface area contributed by atoms with Gasteiger partial charge in [-0.1, -0.05) is 0 Å². The van der Waals surface area contributed by atoms with E-state index < -0.39 is 11.5 Å². The Morgan fingerprint density at radius 2 is 2.00 bits per heavy atom. The molecule has 0 unspecified atom stereocenters. The number of nitrogens with zero attached hydrogens (tertiary/aromatic N) is 1. The Morgan fingerprint density at radius 1 is 1.27 bits per heavy atom. The summed E-state index contributed by atoms with van der Waals surface area (Å²) in [7, 11) is 0. The highest BCUT2D eigenvalue weighted by molar-refractivity contribution is 5.87. The second-order valence-electron chi connectivity index (χ2n) is 3.01. The first-order valence-corrected chi connectivity index (χ1v) is 4.18. The number of hydrogen-bond acceptors (Lipinski definition) is 3. The third kappa shape index (κ3) is 1.34. The summed E-state index contributed by atoms with van der Waals surface area (Å²) in [5.74, 6) is -1.34. The highest BCUT2D eigenvalue weighted by atomic mass is 16.4. The summed E-state index contributed by atoms with van der Waals surface area (Å²) in [6, 6.07) is 5.46. The monoisotopic (exact) mass is 205 g/mol. The summed E-state index contributed by atoms with van der Waals surface area (Å²) in [4.78, 5) is 22.3. The fourth-order valence-corrected chi connectivity index (χ4v) is 1.38. The number of rotatable bonds is 1. The molecule has 2 aromatic rings. The molecule has 2 aromatic heterocycles. The second kappa shape index (κ2) is 3.13. The van der Waals surface area contributed by atoms with Crippen molar-refractivity contribution in [3.05, 3.63) is 46.4 Å². The lowest BCUT2D eigenvalue weighted by Crippen LogP contribution is -2.21. The van der Waals surface area contributed by atoms with Crippen LogP contribution < -0.4 is 5.56 Å². The van der Waals surface area contributed by atoms with Gasteiger partial charge in [0.15, 0.2) is 0 Å². The van der Waals surface area contributed by atoms with Crippen LogP contribution in [0, 0.1) is 0 Å². The maximum atomic E-state index is 11.6. The van der Waals surface area contributed by atoms with Gasteiger partial charge < -0.3 is 10.2 Å². The number of aromatic nitrogens is 1. The molecule has 2 heterocycles. The fourth-order valence-electron chi connectivity index (χ4n) is 1.38. The minimum Gasteiger partial charge on any atom is -0.506 e. The van der Waals surface area contributed by atoms with E-state index in [2.05, 4.69) is 0 Å². The van der Waals surface area contributed by atoms with Crippen molar-refractivity contribution >= 4 is 11.5 Å². The summed E-state index contributed by atoms with van der Waals surface area (Å²) < 4.78 is 1.10. The van der Waals surface area contributed by atoms with E-state index in [1.54, 1.807) is 0 Å². The van der Waals surface area contributed by atoms with Gasteiger partial charge in [-0.15, -0.1) is 0 Å². The number of aromatic carboxylic acids is 1. The Bertz CT molecular complexity index is 600. The van der Waals surface area contributed by atoms with E-state index >= 15 is 0 Å². The van der Waals surface area contributed by atoms with Crippen LogP contribution in [0.4, 0.5) is 0 Å². The molecular formula is C10H7NO4. The molecule has 15 heavy (non-hydrogen) atoms. The molecule has 2 rings (SSSR count). The second-order valence-corrected chi connectivity index (χ2v) is 3.01. The van der Waals surface area contributed by atoms with Crippen LogP contribution in [-0.4, -0.2) is 20.6 Å². The van der Waals surface area contributed by atoms with Gasteiger partial charge in [0.1, 0.15) is 11.3 Å². The van der Waals surface area contributed by atoms with Gasteiger partial charge in [0, 0.05) is 6.20 Å². The topological polar surface area (TPSA) is 79.0 Å². The minimum atomic E-state index is -1.28. The van der Waals surface area contributed by atoms with Gasteiger partial charge in [0.25, 0.3) is 5.56 Å². The molecule has 5 heteroatoms. The molecule has 0 bridgehead atoms. The van der Waals surface area contributed by atoms with E-state index in [-0.39, 0.29) is 16.8 Å². The summed E-state index contributed by atoms with van der Waals surface area (Å²) >= 11 is 0. The number of carboxylic acids is 1. The number of aromatic hydroxyl groups is 1. The van der Waals surface area contributed by atoms with Gasteiger partial charge in [-0.2, -0.15) is 0 Å². The van der Waals surface area contributed by atoms with E-state index in [0.29, 0.717) is 0 Å². The van der Waals surface area contributed by atoms with Crippen molar-refractivity contribution in [2.24, 2.45) is 0 Å². The van der Waals surface area contributed by atoms with E-state index in [9.17, 15) is 14.7 Å². The van der Waals surface area contributed by atoms with Crippen LogP contribution in [0.15, 0.2) is 35.3 Å². The van der Waals surface area contributed by atoms with Crippen LogP contribution in [0.2, 0.25) is 0 Å². The first-order valence-electron chi connectivity index (χ1n) is 4.18. The molecule has 0 aromatic carbocycles. The van der Waals surface area contributed by atoms with Crippen molar-refractivity contribution in [2.75, 3.05) is 0 Å². The Hall–Kier alpha value is -2.30. The molecule has 0 amide bonds. The lowest BCUT2D eigenvalue weighted by atomic mass is 10.2. The predicted octanol–water partition coefficient (Wildman–Crippen LogP) is 0.703. The summed E-state index contributed by atoms with van der Waals surface area (Å²) in [6.45, 7) is 0. The molecule has 2 N–H and O–H groups in total. The Balaban J connectivity index is 2.92. The predicted molar refractivity (Wildman–Crippen MR) is 52.3 cm³/mol. The average molecular weight is 205 g/mol. The number of carboxylic acid groups (broad SMARTS) is 1. The molecule has 0 aliphatic heterocycles. The van der Waals surface area contributed by atoms with Crippen molar-refractivity contribution in [1.82, 2.24) is 4.40 Å². The molecule has 0 fully saturated rings. The summed E-state index contributed by atoms with van der Waals surface area (Å²) in [5, 5.41) is 18.1. The van der Waals surface area contributed by atoms with Crippen LogP contribution in [0.25, 0.3) is 5.52 Å². The SMILES string of the molecule is O=C(O)c1ccc2c(O)cccn2c1=O.